The quantitative estimate of drug-likeness (QED) is 0.923. The van der Waals surface area contributed by atoms with Gasteiger partial charge >= 0.3 is 0 Å². The maximum absolute atomic E-state index is 12.0. The van der Waals surface area contributed by atoms with Gasteiger partial charge in [0.1, 0.15) is 0 Å². The predicted octanol–water partition coefficient (Wildman–Crippen LogP) is 3.43. The molecule has 1 unspecified atom stereocenters. The molecule has 1 aromatic rings. The van der Waals surface area contributed by atoms with E-state index in [-0.39, 0.29) is 5.91 Å². The molecule has 1 amide bonds. The van der Waals surface area contributed by atoms with Crippen LogP contribution in [-0.4, -0.2) is 30.9 Å². The SMILES string of the molecule is Cc1cc(NC(=O)CC2CCCN(C)C2)ccc1Br. The minimum absolute atomic E-state index is 0.127. The van der Waals surface area contributed by atoms with E-state index in [1.165, 1.54) is 6.42 Å². The predicted molar refractivity (Wildman–Crippen MR) is 82.3 cm³/mol. The zero-order chi connectivity index (χ0) is 13.8. The van der Waals surface area contributed by atoms with Crippen LogP contribution < -0.4 is 5.32 Å². The van der Waals surface area contributed by atoms with Crippen LogP contribution in [0.3, 0.4) is 0 Å². The van der Waals surface area contributed by atoms with Gasteiger partial charge in [0, 0.05) is 23.1 Å². The smallest absolute Gasteiger partial charge is 0.224 e. The Balaban J connectivity index is 1.88. The Bertz CT molecular complexity index is 461. The van der Waals surface area contributed by atoms with Gasteiger partial charge in [-0.05, 0) is 63.0 Å². The number of halogens is 1. The number of rotatable bonds is 3. The first kappa shape index (κ1) is 14.5. The molecule has 0 aromatic heterocycles. The lowest BCUT2D eigenvalue weighted by atomic mass is 9.95. The van der Waals surface area contributed by atoms with Crippen LogP contribution in [0, 0.1) is 12.8 Å². The fourth-order valence-corrected chi connectivity index (χ4v) is 2.88. The molecule has 1 aromatic carbocycles. The molecule has 0 radical (unpaired) electrons. The summed E-state index contributed by atoms with van der Waals surface area (Å²) in [5, 5.41) is 2.99. The summed E-state index contributed by atoms with van der Waals surface area (Å²) in [6, 6.07) is 5.90. The van der Waals surface area contributed by atoms with Gasteiger partial charge in [0.2, 0.25) is 5.91 Å². The van der Waals surface area contributed by atoms with Crippen LogP contribution in [0.2, 0.25) is 0 Å². The van der Waals surface area contributed by atoms with Crippen molar-refractivity contribution in [2.75, 3.05) is 25.5 Å². The summed E-state index contributed by atoms with van der Waals surface area (Å²) in [4.78, 5) is 14.4. The second-order valence-corrected chi connectivity index (χ2v) is 6.34. The molecule has 19 heavy (non-hydrogen) atoms. The Morgan fingerprint density at radius 3 is 3.00 bits per heavy atom. The van der Waals surface area contributed by atoms with Crippen molar-refractivity contribution in [1.82, 2.24) is 4.90 Å². The van der Waals surface area contributed by atoms with Crippen molar-refractivity contribution in [3.8, 4) is 0 Å². The summed E-state index contributed by atoms with van der Waals surface area (Å²) >= 11 is 3.46. The van der Waals surface area contributed by atoms with E-state index < -0.39 is 0 Å². The number of nitrogens with zero attached hydrogens (tertiary/aromatic N) is 1. The number of piperidine rings is 1. The second-order valence-electron chi connectivity index (χ2n) is 5.49. The Kier molecular flexibility index (Phi) is 4.99. The van der Waals surface area contributed by atoms with Crippen LogP contribution in [0.4, 0.5) is 5.69 Å². The maximum atomic E-state index is 12.0. The van der Waals surface area contributed by atoms with Crippen LogP contribution in [0.15, 0.2) is 22.7 Å². The Morgan fingerprint density at radius 2 is 2.32 bits per heavy atom. The number of benzene rings is 1. The third kappa shape index (κ3) is 4.32. The van der Waals surface area contributed by atoms with E-state index in [0.29, 0.717) is 12.3 Å². The molecule has 0 aliphatic carbocycles. The van der Waals surface area contributed by atoms with Crippen molar-refractivity contribution >= 4 is 27.5 Å². The van der Waals surface area contributed by atoms with E-state index in [1.807, 2.05) is 25.1 Å². The first-order valence-electron chi connectivity index (χ1n) is 6.79. The van der Waals surface area contributed by atoms with Gasteiger partial charge in [-0.1, -0.05) is 15.9 Å². The summed E-state index contributed by atoms with van der Waals surface area (Å²) in [6.07, 6.45) is 2.99. The highest BCUT2D eigenvalue weighted by Crippen LogP contribution is 2.22. The summed E-state index contributed by atoms with van der Waals surface area (Å²) < 4.78 is 1.07. The number of amides is 1. The average Bonchev–Trinajstić information content (AvgIpc) is 2.34. The molecule has 0 bridgehead atoms. The molecule has 2 rings (SSSR count). The summed E-state index contributed by atoms with van der Waals surface area (Å²) in [5.74, 6) is 0.623. The third-order valence-corrected chi connectivity index (χ3v) is 4.53. The average molecular weight is 325 g/mol. The van der Waals surface area contributed by atoms with Crippen molar-refractivity contribution in [3.63, 3.8) is 0 Å². The van der Waals surface area contributed by atoms with Crippen LogP contribution in [0.5, 0.6) is 0 Å². The van der Waals surface area contributed by atoms with E-state index in [4.69, 9.17) is 0 Å². The van der Waals surface area contributed by atoms with Crippen molar-refractivity contribution in [3.05, 3.63) is 28.2 Å². The lowest BCUT2D eigenvalue weighted by Crippen LogP contribution is -2.34. The van der Waals surface area contributed by atoms with Crippen LogP contribution in [-0.2, 0) is 4.79 Å². The van der Waals surface area contributed by atoms with Crippen LogP contribution in [0.1, 0.15) is 24.8 Å². The topological polar surface area (TPSA) is 32.3 Å². The highest BCUT2D eigenvalue weighted by Gasteiger charge is 2.19. The van der Waals surface area contributed by atoms with E-state index >= 15 is 0 Å². The second kappa shape index (κ2) is 6.53. The molecule has 1 atom stereocenters. The normalized spacial score (nSPS) is 20.3. The summed E-state index contributed by atoms with van der Waals surface area (Å²) in [7, 11) is 2.13. The van der Waals surface area contributed by atoms with E-state index in [0.717, 1.165) is 35.2 Å². The molecule has 4 heteroatoms. The maximum Gasteiger partial charge on any atom is 0.224 e. The first-order valence-corrected chi connectivity index (χ1v) is 7.58. The fourth-order valence-electron chi connectivity index (χ4n) is 2.64. The van der Waals surface area contributed by atoms with Crippen molar-refractivity contribution in [2.45, 2.75) is 26.2 Å². The molecule has 3 nitrogen and oxygen atoms in total. The Morgan fingerprint density at radius 1 is 1.53 bits per heavy atom. The van der Waals surface area contributed by atoms with Gasteiger partial charge in [-0.3, -0.25) is 4.79 Å². The van der Waals surface area contributed by atoms with Crippen LogP contribution in [0.25, 0.3) is 0 Å². The first-order chi connectivity index (χ1) is 9.04. The van der Waals surface area contributed by atoms with Gasteiger partial charge in [-0.25, -0.2) is 0 Å². The van der Waals surface area contributed by atoms with Gasteiger partial charge in [0.15, 0.2) is 0 Å². The number of nitrogens with one attached hydrogen (secondary N) is 1. The fraction of sp³-hybridized carbons (Fsp3) is 0.533. The highest BCUT2D eigenvalue weighted by atomic mass is 79.9. The molecule has 1 fully saturated rings. The van der Waals surface area contributed by atoms with Crippen molar-refractivity contribution < 1.29 is 4.79 Å². The standard InChI is InChI=1S/C15H21BrN2O/c1-11-8-13(5-6-14(11)16)17-15(19)9-12-4-3-7-18(2)10-12/h5-6,8,12H,3-4,7,9-10H2,1-2H3,(H,17,19). The number of likely N-dealkylation sites (tertiary alicyclic amines) is 1. The highest BCUT2D eigenvalue weighted by molar-refractivity contribution is 9.10. The molecule has 104 valence electrons. The van der Waals surface area contributed by atoms with Crippen molar-refractivity contribution in [1.29, 1.82) is 0 Å². The van der Waals surface area contributed by atoms with Gasteiger partial charge in [-0.15, -0.1) is 0 Å². The number of anilines is 1. The summed E-state index contributed by atoms with van der Waals surface area (Å²) in [5.41, 5.74) is 2.02. The number of aryl methyl sites for hydroxylation is 1. The number of carbonyl (C=O) groups excluding carboxylic acids is 1. The van der Waals surface area contributed by atoms with Gasteiger partial charge in [0.05, 0.1) is 0 Å². The minimum Gasteiger partial charge on any atom is -0.326 e. The van der Waals surface area contributed by atoms with Gasteiger partial charge < -0.3 is 10.2 Å². The van der Waals surface area contributed by atoms with Crippen LogP contribution >= 0.6 is 15.9 Å². The lowest BCUT2D eigenvalue weighted by molar-refractivity contribution is -0.117. The minimum atomic E-state index is 0.127. The Hall–Kier alpha value is -0.870. The molecular formula is C15H21BrN2O. The molecule has 0 spiro atoms. The molecule has 1 saturated heterocycles. The molecule has 1 heterocycles. The van der Waals surface area contributed by atoms with E-state index in [1.54, 1.807) is 0 Å². The lowest BCUT2D eigenvalue weighted by Gasteiger charge is -2.29. The molecule has 0 saturated carbocycles. The monoisotopic (exact) mass is 324 g/mol. The Labute approximate surface area is 123 Å². The van der Waals surface area contributed by atoms with Crippen molar-refractivity contribution in [2.24, 2.45) is 5.92 Å². The number of hydrogen-bond acceptors (Lipinski definition) is 2. The molecule has 1 N–H and O–H groups in total. The zero-order valence-electron chi connectivity index (χ0n) is 11.6. The van der Waals surface area contributed by atoms with E-state index in [2.05, 4.69) is 33.2 Å². The number of carbonyl (C=O) groups is 1. The molecular weight excluding hydrogens is 304 g/mol. The number of hydrogen-bond donors (Lipinski definition) is 1. The zero-order valence-corrected chi connectivity index (χ0v) is 13.2. The van der Waals surface area contributed by atoms with Gasteiger partial charge in [-0.2, -0.15) is 0 Å². The largest absolute Gasteiger partial charge is 0.326 e. The molecule has 1 aliphatic rings. The summed E-state index contributed by atoms with van der Waals surface area (Å²) in [6.45, 7) is 4.21. The van der Waals surface area contributed by atoms with Gasteiger partial charge in [0.25, 0.3) is 0 Å². The molecule has 1 aliphatic heterocycles. The van der Waals surface area contributed by atoms with E-state index in [9.17, 15) is 4.79 Å². The third-order valence-electron chi connectivity index (χ3n) is 3.64.